The highest BCUT2D eigenvalue weighted by Crippen LogP contribution is 2.15. The topological polar surface area (TPSA) is 87.5 Å². The molecule has 7 nitrogen and oxygen atoms in total. The lowest BCUT2D eigenvalue weighted by atomic mass is 10.1. The number of benzene rings is 1. The van der Waals surface area contributed by atoms with Gasteiger partial charge in [0.05, 0.1) is 18.2 Å². The summed E-state index contributed by atoms with van der Waals surface area (Å²) in [5, 5.41) is 9.63. The molecule has 144 valence electrons. The average Bonchev–Trinajstić information content (AvgIpc) is 2.96. The van der Waals surface area contributed by atoms with E-state index in [4.69, 9.17) is 4.52 Å². The van der Waals surface area contributed by atoms with Crippen LogP contribution in [0.4, 0.5) is 0 Å². The molecule has 7 heteroatoms. The van der Waals surface area contributed by atoms with Crippen molar-refractivity contribution in [3.8, 4) is 0 Å². The highest BCUT2D eigenvalue weighted by Gasteiger charge is 2.31. The van der Waals surface area contributed by atoms with Gasteiger partial charge in [0, 0.05) is 31.7 Å². The second-order valence-corrected chi connectivity index (χ2v) is 7.05. The minimum absolute atomic E-state index is 0.0964. The monoisotopic (exact) mass is 370 g/mol. The number of amides is 2. The molecule has 1 fully saturated rings. The number of piperazine rings is 1. The van der Waals surface area contributed by atoms with Crippen LogP contribution in [0.15, 0.2) is 28.8 Å². The summed E-state index contributed by atoms with van der Waals surface area (Å²) in [5.41, 5.74) is 3.99. The zero-order valence-corrected chi connectivity index (χ0v) is 16.0. The van der Waals surface area contributed by atoms with Crippen LogP contribution in [-0.2, 0) is 22.7 Å². The number of hydrogen-bond acceptors (Lipinski definition) is 5. The first-order chi connectivity index (χ1) is 12.9. The largest absolute Gasteiger partial charge is 0.361 e. The van der Waals surface area contributed by atoms with E-state index in [9.17, 15) is 9.59 Å². The summed E-state index contributed by atoms with van der Waals surface area (Å²) < 4.78 is 5.11. The van der Waals surface area contributed by atoms with Crippen LogP contribution in [-0.4, -0.2) is 41.0 Å². The standard InChI is InChI=1S/C20H26N4O3/c1-13-4-6-16(7-5-13)12-24-9-8-21-20(26)18(24)10-19(25)22-11-17-14(2)23-27-15(17)3/h4-7,18H,8-12H2,1-3H3,(H,21,26)(H,22,25). The quantitative estimate of drug-likeness (QED) is 0.807. The highest BCUT2D eigenvalue weighted by atomic mass is 16.5. The predicted octanol–water partition coefficient (Wildman–Crippen LogP) is 1.61. The molecule has 1 aliphatic rings. The van der Waals surface area contributed by atoms with Gasteiger partial charge in [0.2, 0.25) is 11.8 Å². The van der Waals surface area contributed by atoms with Gasteiger partial charge in [-0.15, -0.1) is 0 Å². The van der Waals surface area contributed by atoms with Gasteiger partial charge in [-0.2, -0.15) is 0 Å². The van der Waals surface area contributed by atoms with Gasteiger partial charge in [0.1, 0.15) is 5.76 Å². The van der Waals surface area contributed by atoms with Crippen molar-refractivity contribution in [3.63, 3.8) is 0 Å². The van der Waals surface area contributed by atoms with E-state index in [0.717, 1.165) is 23.4 Å². The van der Waals surface area contributed by atoms with Crippen LogP contribution in [0.2, 0.25) is 0 Å². The highest BCUT2D eigenvalue weighted by molar-refractivity contribution is 5.88. The Morgan fingerprint density at radius 2 is 2.04 bits per heavy atom. The molecule has 2 N–H and O–H groups in total. The summed E-state index contributed by atoms with van der Waals surface area (Å²) in [6, 6.07) is 7.78. The maximum Gasteiger partial charge on any atom is 0.237 e. The number of aryl methyl sites for hydroxylation is 3. The van der Waals surface area contributed by atoms with Crippen molar-refractivity contribution < 1.29 is 14.1 Å². The molecule has 1 aromatic carbocycles. The fourth-order valence-electron chi connectivity index (χ4n) is 3.29. The lowest BCUT2D eigenvalue weighted by molar-refractivity contribution is -0.134. The van der Waals surface area contributed by atoms with Gasteiger partial charge < -0.3 is 15.2 Å². The Hall–Kier alpha value is -2.67. The molecule has 1 aliphatic heterocycles. The summed E-state index contributed by atoms with van der Waals surface area (Å²) in [5.74, 6) is 0.441. The zero-order valence-electron chi connectivity index (χ0n) is 16.0. The van der Waals surface area contributed by atoms with E-state index >= 15 is 0 Å². The number of rotatable bonds is 6. The van der Waals surface area contributed by atoms with Crippen molar-refractivity contribution in [2.45, 2.75) is 46.3 Å². The smallest absolute Gasteiger partial charge is 0.237 e. The van der Waals surface area contributed by atoms with Crippen molar-refractivity contribution in [1.82, 2.24) is 20.7 Å². The van der Waals surface area contributed by atoms with Crippen molar-refractivity contribution in [2.24, 2.45) is 0 Å². The summed E-state index contributed by atoms with van der Waals surface area (Å²) >= 11 is 0. The summed E-state index contributed by atoms with van der Waals surface area (Å²) in [4.78, 5) is 26.9. The van der Waals surface area contributed by atoms with E-state index in [1.807, 2.05) is 20.8 Å². The zero-order chi connectivity index (χ0) is 19.4. The molecule has 0 aliphatic carbocycles. The molecule has 2 aromatic rings. The third-order valence-electron chi connectivity index (χ3n) is 4.97. The molecule has 0 bridgehead atoms. The van der Waals surface area contributed by atoms with Crippen LogP contribution < -0.4 is 10.6 Å². The molecule has 3 rings (SSSR count). The molecular weight excluding hydrogens is 344 g/mol. The molecule has 1 saturated heterocycles. The number of nitrogens with zero attached hydrogens (tertiary/aromatic N) is 2. The molecule has 2 amide bonds. The van der Waals surface area contributed by atoms with Crippen molar-refractivity contribution in [3.05, 3.63) is 52.4 Å². The number of carbonyl (C=O) groups excluding carboxylic acids is 2. The minimum Gasteiger partial charge on any atom is -0.361 e. The maximum absolute atomic E-state index is 12.4. The van der Waals surface area contributed by atoms with Crippen LogP contribution in [0.3, 0.4) is 0 Å². The van der Waals surface area contributed by atoms with Crippen LogP contribution in [0.5, 0.6) is 0 Å². The molecule has 0 radical (unpaired) electrons. The number of carbonyl (C=O) groups is 2. The summed E-state index contributed by atoms with van der Waals surface area (Å²) in [6.07, 6.45) is 0.126. The minimum atomic E-state index is -0.468. The number of nitrogens with one attached hydrogen (secondary N) is 2. The molecule has 27 heavy (non-hydrogen) atoms. The van der Waals surface area contributed by atoms with Crippen molar-refractivity contribution in [1.29, 1.82) is 0 Å². The third-order valence-corrected chi connectivity index (χ3v) is 4.97. The molecule has 1 atom stereocenters. The predicted molar refractivity (Wildman–Crippen MR) is 101 cm³/mol. The number of aromatic nitrogens is 1. The van der Waals surface area contributed by atoms with Gasteiger partial charge in [-0.25, -0.2) is 0 Å². The first-order valence-electron chi connectivity index (χ1n) is 9.20. The molecule has 0 saturated carbocycles. The molecular formula is C20H26N4O3. The van der Waals surface area contributed by atoms with Crippen LogP contribution in [0.1, 0.15) is 34.6 Å². The van der Waals surface area contributed by atoms with Gasteiger partial charge in [0.25, 0.3) is 0 Å². The Bertz CT molecular complexity index is 794. The van der Waals surface area contributed by atoms with E-state index in [1.165, 1.54) is 5.56 Å². The summed E-state index contributed by atoms with van der Waals surface area (Å²) in [6.45, 7) is 8.03. The first kappa shape index (κ1) is 19.1. The van der Waals surface area contributed by atoms with Crippen molar-refractivity contribution >= 4 is 11.8 Å². The SMILES string of the molecule is Cc1ccc(CN2CCNC(=O)C2CC(=O)NCc2c(C)noc2C)cc1. The Morgan fingerprint density at radius 3 is 2.70 bits per heavy atom. The van der Waals surface area contributed by atoms with E-state index in [2.05, 4.69) is 45.0 Å². The molecule has 1 unspecified atom stereocenters. The molecule has 1 aromatic heterocycles. The van der Waals surface area contributed by atoms with Crippen LogP contribution in [0.25, 0.3) is 0 Å². The fourth-order valence-corrected chi connectivity index (χ4v) is 3.29. The van der Waals surface area contributed by atoms with Gasteiger partial charge in [-0.3, -0.25) is 14.5 Å². The Kier molecular flexibility index (Phi) is 5.91. The number of hydrogen-bond donors (Lipinski definition) is 2. The van der Waals surface area contributed by atoms with Crippen molar-refractivity contribution in [2.75, 3.05) is 13.1 Å². The Labute approximate surface area is 159 Å². The van der Waals surface area contributed by atoms with Gasteiger partial charge in [-0.1, -0.05) is 35.0 Å². The van der Waals surface area contributed by atoms with E-state index < -0.39 is 6.04 Å². The van der Waals surface area contributed by atoms with Gasteiger partial charge in [-0.05, 0) is 26.3 Å². The summed E-state index contributed by atoms with van der Waals surface area (Å²) in [7, 11) is 0. The maximum atomic E-state index is 12.4. The second-order valence-electron chi connectivity index (χ2n) is 7.05. The van der Waals surface area contributed by atoms with Gasteiger partial charge >= 0.3 is 0 Å². The fraction of sp³-hybridized carbons (Fsp3) is 0.450. The normalized spacial score (nSPS) is 17.6. The van der Waals surface area contributed by atoms with E-state index in [-0.39, 0.29) is 18.2 Å². The Morgan fingerprint density at radius 1 is 1.30 bits per heavy atom. The average molecular weight is 370 g/mol. The Balaban J connectivity index is 1.61. The lowest BCUT2D eigenvalue weighted by Crippen LogP contribution is -2.56. The molecule has 0 spiro atoms. The van der Waals surface area contributed by atoms with Gasteiger partial charge in [0.15, 0.2) is 0 Å². The lowest BCUT2D eigenvalue weighted by Gasteiger charge is -2.34. The molecule has 2 heterocycles. The van der Waals surface area contributed by atoms with Crippen LogP contribution in [0, 0.1) is 20.8 Å². The van der Waals surface area contributed by atoms with E-state index in [0.29, 0.717) is 25.4 Å². The first-order valence-corrected chi connectivity index (χ1v) is 9.20. The van der Waals surface area contributed by atoms with E-state index in [1.54, 1.807) is 0 Å². The van der Waals surface area contributed by atoms with Crippen LogP contribution >= 0.6 is 0 Å². The second kappa shape index (κ2) is 8.35. The third kappa shape index (κ3) is 4.74.